The molecule has 5 aliphatic carbocycles. The summed E-state index contributed by atoms with van der Waals surface area (Å²) >= 11 is 0. The van der Waals surface area contributed by atoms with Gasteiger partial charge in [-0.05, 0) is 111 Å². The van der Waals surface area contributed by atoms with E-state index < -0.39 is 0 Å². The number of hydrogen-bond acceptors (Lipinski definition) is 1. The smallest absolute Gasteiger partial charge is 0.0540 e. The SMILES string of the molecule is CC1(C)c2cc(N(c3cc4ccc3CCc3ccc(cc3)CC4)c3cccc4ccccc34)ccc2-c2c(-c3ccccc3)cccc21. The fourth-order valence-electron chi connectivity index (χ4n) is 8.21. The molecule has 0 aliphatic heterocycles. The Morgan fingerprint density at radius 3 is 2.00 bits per heavy atom. The van der Waals surface area contributed by atoms with Gasteiger partial charge in [0.1, 0.15) is 0 Å². The molecule has 0 unspecified atom stereocenters. The van der Waals surface area contributed by atoms with Gasteiger partial charge in [-0.25, -0.2) is 0 Å². The summed E-state index contributed by atoms with van der Waals surface area (Å²) in [4.78, 5) is 2.56. The summed E-state index contributed by atoms with van der Waals surface area (Å²) in [7, 11) is 0. The van der Waals surface area contributed by atoms with Crippen molar-refractivity contribution in [1.82, 2.24) is 0 Å². The third-order valence-electron chi connectivity index (χ3n) is 10.8. The van der Waals surface area contributed by atoms with E-state index in [4.69, 9.17) is 0 Å². The van der Waals surface area contributed by atoms with Gasteiger partial charge in [-0.3, -0.25) is 0 Å². The van der Waals surface area contributed by atoms with Gasteiger partial charge >= 0.3 is 0 Å². The van der Waals surface area contributed by atoms with E-state index in [-0.39, 0.29) is 5.41 Å². The van der Waals surface area contributed by atoms with Gasteiger partial charge in [-0.2, -0.15) is 0 Å². The van der Waals surface area contributed by atoms with E-state index in [0.717, 1.165) is 25.7 Å². The summed E-state index contributed by atoms with van der Waals surface area (Å²) in [6, 6.07) is 57.1. The minimum atomic E-state index is -0.136. The van der Waals surface area contributed by atoms with Crippen LogP contribution in [-0.4, -0.2) is 0 Å². The van der Waals surface area contributed by atoms with Crippen LogP contribution in [-0.2, 0) is 31.1 Å². The van der Waals surface area contributed by atoms with Crippen molar-refractivity contribution in [2.75, 3.05) is 4.90 Å². The molecule has 1 heteroatoms. The number of rotatable bonds is 4. The van der Waals surface area contributed by atoms with Crippen LogP contribution in [0.4, 0.5) is 17.1 Å². The van der Waals surface area contributed by atoms with Crippen molar-refractivity contribution in [3.8, 4) is 22.3 Å². The first-order valence-corrected chi connectivity index (χ1v) is 17.4. The van der Waals surface area contributed by atoms with Gasteiger partial charge in [0.15, 0.2) is 0 Å². The minimum Gasteiger partial charge on any atom is -0.310 e. The third kappa shape index (κ3) is 4.76. The molecule has 0 saturated heterocycles. The Hall–Kier alpha value is -5.40. The zero-order valence-corrected chi connectivity index (χ0v) is 27.7. The van der Waals surface area contributed by atoms with Crippen molar-refractivity contribution in [3.05, 3.63) is 185 Å². The largest absolute Gasteiger partial charge is 0.310 e. The van der Waals surface area contributed by atoms with Gasteiger partial charge in [-0.1, -0.05) is 141 Å². The highest BCUT2D eigenvalue weighted by Crippen LogP contribution is 2.54. The Labute approximate surface area is 284 Å². The van der Waals surface area contributed by atoms with E-state index in [0.29, 0.717) is 0 Å². The predicted octanol–water partition coefficient (Wildman–Crippen LogP) is 12.2. The molecule has 0 aromatic heterocycles. The van der Waals surface area contributed by atoms with E-state index in [9.17, 15) is 0 Å². The second-order valence-corrected chi connectivity index (χ2v) is 14.1. The van der Waals surface area contributed by atoms with Crippen LogP contribution in [0.15, 0.2) is 152 Å². The molecule has 7 aromatic rings. The highest BCUT2D eigenvalue weighted by molar-refractivity contribution is 6.00. The van der Waals surface area contributed by atoms with Crippen LogP contribution in [0.25, 0.3) is 33.0 Å². The summed E-state index contributed by atoms with van der Waals surface area (Å²) in [6.07, 6.45) is 4.07. The second-order valence-electron chi connectivity index (χ2n) is 14.1. The van der Waals surface area contributed by atoms with Gasteiger partial charge in [0.2, 0.25) is 0 Å². The molecule has 0 amide bonds. The van der Waals surface area contributed by atoms with Crippen LogP contribution in [0.1, 0.15) is 47.2 Å². The molecule has 0 saturated carbocycles. The van der Waals surface area contributed by atoms with Crippen molar-refractivity contribution >= 4 is 27.8 Å². The quantitative estimate of drug-likeness (QED) is 0.190. The van der Waals surface area contributed by atoms with E-state index in [1.807, 2.05) is 0 Å². The standard InChI is InChI=1S/C47H39N/c1-47(2)42-16-9-15-40(36-10-4-3-5-11-36)46(42)41-29-28-38(31-43(41)47)48(44-17-8-13-35-12-6-7-14-39(35)44)45-30-34-23-22-32-18-20-33(21-19-32)24-26-37(45)27-25-34/h3-21,25,27-31H,22-24,26H2,1-2H3. The molecule has 0 spiro atoms. The van der Waals surface area contributed by atoms with E-state index in [2.05, 4.69) is 170 Å². The van der Waals surface area contributed by atoms with Crippen molar-refractivity contribution in [2.24, 2.45) is 0 Å². The molecular formula is C47H39N. The van der Waals surface area contributed by atoms with Crippen molar-refractivity contribution in [3.63, 3.8) is 0 Å². The van der Waals surface area contributed by atoms with Crippen LogP contribution >= 0.6 is 0 Å². The van der Waals surface area contributed by atoms with E-state index in [1.54, 1.807) is 0 Å². The molecule has 0 heterocycles. The van der Waals surface area contributed by atoms with Crippen LogP contribution in [0.3, 0.4) is 0 Å². The molecule has 7 aromatic carbocycles. The predicted molar refractivity (Wildman–Crippen MR) is 203 cm³/mol. The third-order valence-corrected chi connectivity index (χ3v) is 10.8. The molecule has 5 aliphatic rings. The lowest BCUT2D eigenvalue weighted by Gasteiger charge is -2.31. The maximum Gasteiger partial charge on any atom is 0.0540 e. The van der Waals surface area contributed by atoms with Gasteiger partial charge in [0, 0.05) is 22.2 Å². The number of benzene rings is 7. The summed E-state index contributed by atoms with van der Waals surface area (Å²) < 4.78 is 0. The lowest BCUT2D eigenvalue weighted by molar-refractivity contribution is 0.660. The molecule has 232 valence electrons. The van der Waals surface area contributed by atoms with Crippen molar-refractivity contribution in [1.29, 1.82) is 0 Å². The summed E-state index contributed by atoms with van der Waals surface area (Å²) in [6.45, 7) is 4.79. The number of nitrogens with zero attached hydrogens (tertiary/aromatic N) is 1. The van der Waals surface area contributed by atoms with Crippen molar-refractivity contribution < 1.29 is 0 Å². The van der Waals surface area contributed by atoms with Crippen LogP contribution in [0.2, 0.25) is 0 Å². The van der Waals surface area contributed by atoms with E-state index >= 15 is 0 Å². The second kappa shape index (κ2) is 11.4. The first-order chi connectivity index (χ1) is 23.5. The van der Waals surface area contributed by atoms with E-state index in [1.165, 1.54) is 83.5 Å². The van der Waals surface area contributed by atoms with Crippen LogP contribution < -0.4 is 4.90 Å². The molecule has 1 nitrogen and oxygen atoms in total. The van der Waals surface area contributed by atoms with Gasteiger partial charge in [0.05, 0.1) is 5.69 Å². The fraction of sp³-hybridized carbons (Fsp3) is 0.149. The Balaban J connectivity index is 1.26. The van der Waals surface area contributed by atoms with Gasteiger partial charge in [0.25, 0.3) is 0 Å². The first-order valence-electron chi connectivity index (χ1n) is 17.4. The molecule has 0 fully saturated rings. The first kappa shape index (κ1) is 28.8. The maximum atomic E-state index is 2.56. The summed E-state index contributed by atoms with van der Waals surface area (Å²) in [5.74, 6) is 0. The average Bonchev–Trinajstić information content (AvgIpc) is 3.36. The number of anilines is 3. The highest BCUT2D eigenvalue weighted by atomic mass is 15.1. The number of hydrogen-bond donors (Lipinski definition) is 0. The Kier molecular flexibility index (Phi) is 6.83. The molecule has 0 atom stereocenters. The summed E-state index contributed by atoms with van der Waals surface area (Å²) in [5.41, 5.74) is 17.2. The lowest BCUT2D eigenvalue weighted by Crippen LogP contribution is -2.17. The lowest BCUT2D eigenvalue weighted by atomic mass is 9.81. The zero-order valence-electron chi connectivity index (χ0n) is 27.7. The molecule has 0 N–H and O–H groups in total. The number of fused-ring (bicyclic) bond motifs is 4. The van der Waals surface area contributed by atoms with Crippen molar-refractivity contribution in [2.45, 2.75) is 44.9 Å². The Morgan fingerprint density at radius 2 is 1.17 bits per heavy atom. The molecular weight excluding hydrogens is 579 g/mol. The molecule has 0 radical (unpaired) electrons. The number of aryl methyl sites for hydroxylation is 4. The van der Waals surface area contributed by atoms with Gasteiger partial charge in [-0.15, -0.1) is 0 Å². The zero-order chi connectivity index (χ0) is 32.2. The van der Waals surface area contributed by atoms with Gasteiger partial charge < -0.3 is 4.90 Å². The topological polar surface area (TPSA) is 3.24 Å². The molecule has 4 bridgehead atoms. The molecule has 12 rings (SSSR count). The van der Waals surface area contributed by atoms with Crippen LogP contribution in [0, 0.1) is 0 Å². The Morgan fingerprint density at radius 1 is 0.479 bits per heavy atom. The summed E-state index contributed by atoms with van der Waals surface area (Å²) in [5, 5.41) is 2.52. The average molecular weight is 618 g/mol. The monoisotopic (exact) mass is 617 g/mol. The molecule has 48 heavy (non-hydrogen) atoms. The fourth-order valence-corrected chi connectivity index (χ4v) is 8.21. The normalized spacial score (nSPS) is 14.3. The maximum absolute atomic E-state index is 2.56. The van der Waals surface area contributed by atoms with Crippen LogP contribution in [0.5, 0.6) is 0 Å². The minimum absolute atomic E-state index is 0.136. The highest BCUT2D eigenvalue weighted by Gasteiger charge is 2.37. The Bertz CT molecular complexity index is 2300.